The van der Waals surface area contributed by atoms with Crippen LogP contribution in [0.3, 0.4) is 0 Å². The smallest absolute Gasteiger partial charge is 0.245 e. The van der Waals surface area contributed by atoms with Crippen molar-refractivity contribution in [2.45, 2.75) is 51.7 Å². The van der Waals surface area contributed by atoms with Crippen LogP contribution in [0.15, 0.2) is 18.2 Å². The second-order valence-corrected chi connectivity index (χ2v) is 6.73. The number of piperazine rings is 1. The van der Waals surface area contributed by atoms with E-state index >= 15 is 0 Å². The largest absolute Gasteiger partial charge is 0.356 e. The van der Waals surface area contributed by atoms with Gasteiger partial charge in [0.05, 0.1) is 0 Å². The van der Waals surface area contributed by atoms with Crippen molar-refractivity contribution < 1.29 is 4.79 Å². The molecular weight excluding hydrogens is 262 g/mol. The van der Waals surface area contributed by atoms with Crippen LogP contribution < -0.4 is 15.5 Å². The number of carbonyl (C=O) groups is 1. The van der Waals surface area contributed by atoms with Gasteiger partial charge in [-0.15, -0.1) is 0 Å². The van der Waals surface area contributed by atoms with Gasteiger partial charge in [-0.2, -0.15) is 0 Å². The van der Waals surface area contributed by atoms with Gasteiger partial charge in [-0.05, 0) is 56.9 Å². The molecule has 2 N–H and O–H groups in total. The van der Waals surface area contributed by atoms with Gasteiger partial charge in [0.2, 0.25) is 5.91 Å². The molecule has 0 spiro atoms. The molecule has 1 aromatic carbocycles. The third-order valence-corrected chi connectivity index (χ3v) is 4.65. The molecule has 0 atom stereocenters. The van der Waals surface area contributed by atoms with Crippen molar-refractivity contribution >= 4 is 11.6 Å². The first-order valence-corrected chi connectivity index (χ1v) is 7.87. The van der Waals surface area contributed by atoms with Gasteiger partial charge in [0.1, 0.15) is 5.54 Å². The van der Waals surface area contributed by atoms with Crippen LogP contribution in [0.25, 0.3) is 0 Å². The predicted octanol–water partition coefficient (Wildman–Crippen LogP) is 1.96. The molecule has 1 saturated heterocycles. The average Bonchev–Trinajstić information content (AvgIpc) is 3.24. The van der Waals surface area contributed by atoms with Crippen LogP contribution in [0.1, 0.15) is 37.8 Å². The summed E-state index contributed by atoms with van der Waals surface area (Å²) in [6.45, 7) is 8.65. The van der Waals surface area contributed by atoms with E-state index < -0.39 is 5.54 Å². The molecule has 1 heterocycles. The summed E-state index contributed by atoms with van der Waals surface area (Å²) in [5.74, 6) is 0.103. The van der Waals surface area contributed by atoms with E-state index in [0.717, 1.165) is 24.8 Å². The summed E-state index contributed by atoms with van der Waals surface area (Å²) in [4.78, 5) is 14.3. The van der Waals surface area contributed by atoms with Crippen LogP contribution >= 0.6 is 0 Å². The van der Waals surface area contributed by atoms with Crippen LogP contribution in [0, 0.1) is 6.92 Å². The number of carbonyl (C=O) groups excluding carboxylic acids is 1. The standard InChI is InChI=1S/C17H25N3O/c1-12-10-15(7-4-13(12)11-19-14-5-6-14)20-9-8-18-16(21)17(20,2)3/h4,7,10,14,19H,5-6,8-9,11H2,1-3H3,(H,18,21). The van der Waals surface area contributed by atoms with E-state index in [0.29, 0.717) is 6.54 Å². The zero-order chi connectivity index (χ0) is 15.0. The third-order valence-electron chi connectivity index (χ3n) is 4.65. The Kier molecular flexibility index (Phi) is 3.66. The SMILES string of the molecule is Cc1cc(N2CCNC(=O)C2(C)C)ccc1CNC1CC1. The molecule has 1 aromatic rings. The second kappa shape index (κ2) is 5.34. The number of nitrogens with one attached hydrogen (secondary N) is 2. The molecule has 1 aliphatic carbocycles. The van der Waals surface area contributed by atoms with E-state index in [1.165, 1.54) is 24.0 Å². The monoisotopic (exact) mass is 287 g/mol. The Morgan fingerprint density at radius 1 is 1.38 bits per heavy atom. The molecule has 4 heteroatoms. The van der Waals surface area contributed by atoms with Crippen molar-refractivity contribution in [2.75, 3.05) is 18.0 Å². The lowest BCUT2D eigenvalue weighted by Crippen LogP contribution is -2.62. The van der Waals surface area contributed by atoms with Gasteiger partial charge < -0.3 is 15.5 Å². The number of aryl methyl sites for hydroxylation is 1. The highest BCUT2D eigenvalue weighted by Gasteiger charge is 2.37. The molecule has 114 valence electrons. The topological polar surface area (TPSA) is 44.4 Å². The lowest BCUT2D eigenvalue weighted by molar-refractivity contribution is -0.126. The molecule has 4 nitrogen and oxygen atoms in total. The first kappa shape index (κ1) is 14.4. The van der Waals surface area contributed by atoms with Gasteiger partial charge in [-0.1, -0.05) is 6.07 Å². The molecule has 1 saturated carbocycles. The van der Waals surface area contributed by atoms with E-state index in [9.17, 15) is 4.79 Å². The van der Waals surface area contributed by atoms with E-state index in [1.807, 2.05) is 13.8 Å². The Bertz CT molecular complexity index is 549. The maximum absolute atomic E-state index is 12.1. The lowest BCUT2D eigenvalue weighted by atomic mass is 9.97. The highest BCUT2D eigenvalue weighted by atomic mass is 16.2. The van der Waals surface area contributed by atoms with E-state index in [2.05, 4.69) is 40.7 Å². The third kappa shape index (κ3) is 2.91. The van der Waals surface area contributed by atoms with Crippen molar-refractivity contribution in [2.24, 2.45) is 0 Å². The van der Waals surface area contributed by atoms with E-state index in [4.69, 9.17) is 0 Å². The average molecular weight is 287 g/mol. The highest BCUT2D eigenvalue weighted by Crippen LogP contribution is 2.28. The van der Waals surface area contributed by atoms with Crippen molar-refractivity contribution in [1.82, 2.24) is 10.6 Å². The van der Waals surface area contributed by atoms with Crippen molar-refractivity contribution in [3.05, 3.63) is 29.3 Å². The van der Waals surface area contributed by atoms with Gasteiger partial charge in [-0.3, -0.25) is 4.79 Å². The fraction of sp³-hybridized carbons (Fsp3) is 0.588. The summed E-state index contributed by atoms with van der Waals surface area (Å²) in [6.07, 6.45) is 2.63. The minimum atomic E-state index is -0.488. The Morgan fingerprint density at radius 3 is 2.81 bits per heavy atom. The van der Waals surface area contributed by atoms with Gasteiger partial charge in [0, 0.05) is 31.4 Å². The number of benzene rings is 1. The maximum Gasteiger partial charge on any atom is 0.245 e. The Morgan fingerprint density at radius 2 is 2.14 bits per heavy atom. The number of nitrogens with zero attached hydrogens (tertiary/aromatic N) is 1. The summed E-state index contributed by atoms with van der Waals surface area (Å²) in [5, 5.41) is 6.51. The van der Waals surface area contributed by atoms with Crippen LogP contribution in [0.5, 0.6) is 0 Å². The fourth-order valence-corrected chi connectivity index (χ4v) is 2.94. The number of hydrogen-bond acceptors (Lipinski definition) is 3. The Hall–Kier alpha value is -1.55. The van der Waals surface area contributed by atoms with Crippen LogP contribution in [-0.4, -0.2) is 30.6 Å². The molecule has 0 unspecified atom stereocenters. The quantitative estimate of drug-likeness (QED) is 0.890. The number of rotatable bonds is 4. The van der Waals surface area contributed by atoms with Crippen LogP contribution in [0.2, 0.25) is 0 Å². The summed E-state index contributed by atoms with van der Waals surface area (Å²) in [7, 11) is 0. The van der Waals surface area contributed by atoms with Crippen molar-refractivity contribution in [1.29, 1.82) is 0 Å². The fourth-order valence-electron chi connectivity index (χ4n) is 2.94. The highest BCUT2D eigenvalue weighted by molar-refractivity contribution is 5.90. The molecule has 0 bridgehead atoms. The summed E-state index contributed by atoms with van der Waals surface area (Å²) < 4.78 is 0. The minimum Gasteiger partial charge on any atom is -0.356 e. The Balaban J connectivity index is 1.78. The number of anilines is 1. The van der Waals surface area contributed by atoms with Crippen LogP contribution in [-0.2, 0) is 11.3 Å². The molecule has 2 fully saturated rings. The molecule has 21 heavy (non-hydrogen) atoms. The lowest BCUT2D eigenvalue weighted by Gasteiger charge is -2.43. The molecule has 0 radical (unpaired) electrons. The molecule has 3 rings (SSSR count). The summed E-state index contributed by atoms with van der Waals surface area (Å²) in [5.41, 5.74) is 3.30. The first-order valence-electron chi connectivity index (χ1n) is 7.87. The maximum atomic E-state index is 12.1. The summed E-state index contributed by atoms with van der Waals surface area (Å²) >= 11 is 0. The molecule has 0 aromatic heterocycles. The normalized spacial score (nSPS) is 21.3. The molecule has 2 aliphatic rings. The van der Waals surface area contributed by atoms with E-state index in [-0.39, 0.29) is 5.91 Å². The second-order valence-electron chi connectivity index (χ2n) is 6.73. The molecular formula is C17H25N3O. The zero-order valence-corrected chi connectivity index (χ0v) is 13.2. The number of amides is 1. The zero-order valence-electron chi connectivity index (χ0n) is 13.2. The summed E-state index contributed by atoms with van der Waals surface area (Å²) in [6, 6.07) is 7.29. The first-order chi connectivity index (χ1) is 9.98. The van der Waals surface area contributed by atoms with Gasteiger partial charge >= 0.3 is 0 Å². The van der Waals surface area contributed by atoms with Crippen molar-refractivity contribution in [3.8, 4) is 0 Å². The Labute approximate surface area is 126 Å². The van der Waals surface area contributed by atoms with Gasteiger partial charge in [-0.25, -0.2) is 0 Å². The van der Waals surface area contributed by atoms with E-state index in [1.54, 1.807) is 0 Å². The number of hydrogen-bond donors (Lipinski definition) is 2. The van der Waals surface area contributed by atoms with Gasteiger partial charge in [0.15, 0.2) is 0 Å². The molecule has 1 amide bonds. The van der Waals surface area contributed by atoms with Crippen LogP contribution in [0.4, 0.5) is 5.69 Å². The minimum absolute atomic E-state index is 0.103. The predicted molar refractivity (Wildman–Crippen MR) is 85.5 cm³/mol. The van der Waals surface area contributed by atoms with Crippen molar-refractivity contribution in [3.63, 3.8) is 0 Å². The molecule has 1 aliphatic heterocycles. The van der Waals surface area contributed by atoms with Gasteiger partial charge in [0.25, 0.3) is 0 Å².